The van der Waals surface area contributed by atoms with E-state index in [1.807, 2.05) is 18.2 Å². The molecule has 0 saturated carbocycles. The average Bonchev–Trinajstić information content (AvgIpc) is 2.64. The molecule has 1 saturated heterocycles. The van der Waals surface area contributed by atoms with Crippen LogP contribution in [0, 0.1) is 10.1 Å². The van der Waals surface area contributed by atoms with Crippen LogP contribution >= 0.6 is 15.9 Å². The van der Waals surface area contributed by atoms with Crippen LogP contribution in [0.25, 0.3) is 0 Å². The third kappa shape index (κ3) is 4.24. The fourth-order valence-electron chi connectivity index (χ4n) is 2.88. The molecule has 0 spiro atoms. The van der Waals surface area contributed by atoms with Gasteiger partial charge in [-0.2, -0.15) is 0 Å². The highest BCUT2D eigenvalue weighted by Gasteiger charge is 2.22. The number of piperazine rings is 1. The maximum Gasteiger partial charge on any atom is 0.269 e. The standard InChI is InChI=1S/C18H18BrN3O3/c19-17-4-2-1-3-15(17)13-20-9-11-21(12-10-20)18(23)14-5-7-16(8-6-14)22(24)25/h1-8H,9-13H2. The normalized spacial score (nSPS) is 15.2. The molecule has 2 aromatic rings. The van der Waals surface area contributed by atoms with Crippen molar-refractivity contribution in [1.29, 1.82) is 0 Å². The summed E-state index contributed by atoms with van der Waals surface area (Å²) in [5.74, 6) is -0.0737. The van der Waals surface area contributed by atoms with Crippen molar-refractivity contribution in [3.8, 4) is 0 Å². The van der Waals surface area contributed by atoms with Gasteiger partial charge in [0.2, 0.25) is 0 Å². The SMILES string of the molecule is O=C(c1ccc([N+](=O)[O-])cc1)N1CCN(Cc2ccccc2Br)CC1. The second-order valence-electron chi connectivity index (χ2n) is 5.96. The molecule has 0 bridgehead atoms. The number of hydrogen-bond donors (Lipinski definition) is 0. The van der Waals surface area contributed by atoms with Crippen LogP contribution in [0.5, 0.6) is 0 Å². The van der Waals surface area contributed by atoms with Crippen molar-refractivity contribution in [3.63, 3.8) is 0 Å². The summed E-state index contributed by atoms with van der Waals surface area (Å²) in [6.07, 6.45) is 0. The second-order valence-corrected chi connectivity index (χ2v) is 6.82. The molecule has 2 aromatic carbocycles. The molecule has 1 aliphatic rings. The number of hydrogen-bond acceptors (Lipinski definition) is 4. The topological polar surface area (TPSA) is 66.7 Å². The van der Waals surface area contributed by atoms with Gasteiger partial charge in [-0.15, -0.1) is 0 Å². The Morgan fingerprint density at radius 1 is 1.04 bits per heavy atom. The molecule has 1 amide bonds. The molecule has 0 atom stereocenters. The predicted octanol–water partition coefficient (Wildman–Crippen LogP) is 3.32. The van der Waals surface area contributed by atoms with Gasteiger partial charge in [0.05, 0.1) is 4.92 Å². The van der Waals surface area contributed by atoms with Crippen molar-refractivity contribution < 1.29 is 9.72 Å². The number of nitro groups is 1. The lowest BCUT2D eigenvalue weighted by molar-refractivity contribution is -0.384. The molecule has 7 heteroatoms. The molecule has 0 N–H and O–H groups in total. The van der Waals surface area contributed by atoms with E-state index in [0.717, 1.165) is 24.1 Å². The maximum absolute atomic E-state index is 12.5. The van der Waals surface area contributed by atoms with E-state index in [1.54, 1.807) is 4.90 Å². The zero-order valence-corrected chi connectivity index (χ0v) is 15.2. The summed E-state index contributed by atoms with van der Waals surface area (Å²) in [7, 11) is 0. The molecule has 0 aromatic heterocycles. The first-order chi connectivity index (χ1) is 12.0. The fourth-order valence-corrected chi connectivity index (χ4v) is 3.30. The highest BCUT2D eigenvalue weighted by Crippen LogP contribution is 2.19. The number of non-ortho nitro benzene ring substituents is 1. The van der Waals surface area contributed by atoms with Crippen molar-refractivity contribution in [2.24, 2.45) is 0 Å². The van der Waals surface area contributed by atoms with Crippen LogP contribution < -0.4 is 0 Å². The van der Waals surface area contributed by atoms with Crippen LogP contribution in [0.15, 0.2) is 53.0 Å². The molecular formula is C18H18BrN3O3. The van der Waals surface area contributed by atoms with Crippen molar-refractivity contribution in [1.82, 2.24) is 9.80 Å². The number of carbonyl (C=O) groups excluding carboxylic acids is 1. The van der Waals surface area contributed by atoms with E-state index in [0.29, 0.717) is 18.7 Å². The first-order valence-corrected chi connectivity index (χ1v) is 8.83. The number of halogens is 1. The minimum atomic E-state index is -0.464. The number of rotatable bonds is 4. The quantitative estimate of drug-likeness (QED) is 0.579. The van der Waals surface area contributed by atoms with Crippen LogP contribution in [-0.4, -0.2) is 46.8 Å². The molecule has 0 aliphatic carbocycles. The second kappa shape index (κ2) is 7.76. The molecule has 25 heavy (non-hydrogen) atoms. The van der Waals surface area contributed by atoms with Gasteiger partial charge in [-0.05, 0) is 23.8 Å². The monoisotopic (exact) mass is 403 g/mol. The Hall–Kier alpha value is -2.25. The van der Waals surface area contributed by atoms with E-state index in [1.165, 1.54) is 29.8 Å². The lowest BCUT2D eigenvalue weighted by atomic mass is 10.1. The van der Waals surface area contributed by atoms with Crippen molar-refractivity contribution in [2.45, 2.75) is 6.54 Å². The molecule has 0 unspecified atom stereocenters. The Morgan fingerprint density at radius 2 is 1.68 bits per heavy atom. The van der Waals surface area contributed by atoms with Gasteiger partial charge in [-0.3, -0.25) is 19.8 Å². The third-order valence-corrected chi connectivity index (χ3v) is 5.11. The van der Waals surface area contributed by atoms with Gasteiger partial charge in [0, 0.05) is 54.9 Å². The number of nitrogens with zero attached hydrogens (tertiary/aromatic N) is 3. The molecule has 0 radical (unpaired) electrons. The Labute approximate surface area is 154 Å². The van der Waals surface area contributed by atoms with Gasteiger partial charge in [0.25, 0.3) is 11.6 Å². The van der Waals surface area contributed by atoms with Gasteiger partial charge in [-0.25, -0.2) is 0 Å². The van der Waals surface area contributed by atoms with E-state index in [2.05, 4.69) is 26.9 Å². The zero-order valence-electron chi connectivity index (χ0n) is 13.6. The lowest BCUT2D eigenvalue weighted by Crippen LogP contribution is -2.48. The van der Waals surface area contributed by atoms with Crippen LogP contribution in [0.1, 0.15) is 15.9 Å². The summed E-state index contributed by atoms with van der Waals surface area (Å²) in [5, 5.41) is 10.7. The summed E-state index contributed by atoms with van der Waals surface area (Å²) in [4.78, 5) is 26.9. The molecular weight excluding hydrogens is 386 g/mol. The highest BCUT2D eigenvalue weighted by molar-refractivity contribution is 9.10. The number of carbonyl (C=O) groups is 1. The fraction of sp³-hybridized carbons (Fsp3) is 0.278. The Morgan fingerprint density at radius 3 is 2.28 bits per heavy atom. The van der Waals surface area contributed by atoms with Crippen LogP contribution in [0.3, 0.4) is 0 Å². The zero-order chi connectivity index (χ0) is 17.8. The smallest absolute Gasteiger partial charge is 0.269 e. The van der Waals surface area contributed by atoms with E-state index in [-0.39, 0.29) is 11.6 Å². The van der Waals surface area contributed by atoms with Crippen LogP contribution in [0.4, 0.5) is 5.69 Å². The minimum Gasteiger partial charge on any atom is -0.336 e. The molecule has 1 aliphatic heterocycles. The number of nitro benzene ring substituents is 1. The van der Waals surface area contributed by atoms with Gasteiger partial charge in [-0.1, -0.05) is 34.1 Å². The van der Waals surface area contributed by atoms with E-state index in [4.69, 9.17) is 0 Å². The van der Waals surface area contributed by atoms with Crippen molar-refractivity contribution >= 4 is 27.5 Å². The number of amides is 1. The van der Waals surface area contributed by atoms with Crippen LogP contribution in [-0.2, 0) is 6.54 Å². The first kappa shape index (κ1) is 17.6. The summed E-state index contributed by atoms with van der Waals surface area (Å²) in [5.41, 5.74) is 1.72. The van der Waals surface area contributed by atoms with E-state index < -0.39 is 4.92 Å². The van der Waals surface area contributed by atoms with Gasteiger partial charge in [0.1, 0.15) is 0 Å². The Kier molecular flexibility index (Phi) is 5.45. The molecule has 1 heterocycles. The average molecular weight is 404 g/mol. The van der Waals surface area contributed by atoms with E-state index in [9.17, 15) is 14.9 Å². The maximum atomic E-state index is 12.5. The molecule has 1 fully saturated rings. The molecule has 6 nitrogen and oxygen atoms in total. The molecule has 3 rings (SSSR count). The van der Waals surface area contributed by atoms with Gasteiger partial charge in [0.15, 0.2) is 0 Å². The van der Waals surface area contributed by atoms with Crippen molar-refractivity contribution in [3.05, 3.63) is 74.2 Å². The largest absolute Gasteiger partial charge is 0.336 e. The Bertz CT molecular complexity index is 771. The number of benzene rings is 2. The highest BCUT2D eigenvalue weighted by atomic mass is 79.9. The van der Waals surface area contributed by atoms with Crippen molar-refractivity contribution in [2.75, 3.05) is 26.2 Å². The van der Waals surface area contributed by atoms with Crippen LogP contribution in [0.2, 0.25) is 0 Å². The third-order valence-electron chi connectivity index (χ3n) is 4.34. The predicted molar refractivity (Wildman–Crippen MR) is 98.4 cm³/mol. The summed E-state index contributed by atoms with van der Waals surface area (Å²) in [6, 6.07) is 13.9. The Balaban J connectivity index is 1.57. The summed E-state index contributed by atoms with van der Waals surface area (Å²) in [6.45, 7) is 3.77. The van der Waals surface area contributed by atoms with Gasteiger partial charge < -0.3 is 4.90 Å². The molecule has 130 valence electrons. The van der Waals surface area contributed by atoms with E-state index >= 15 is 0 Å². The summed E-state index contributed by atoms with van der Waals surface area (Å²) < 4.78 is 1.10. The first-order valence-electron chi connectivity index (χ1n) is 8.04. The van der Waals surface area contributed by atoms with Gasteiger partial charge >= 0.3 is 0 Å². The lowest BCUT2D eigenvalue weighted by Gasteiger charge is -2.35. The minimum absolute atomic E-state index is 0.00481. The summed E-state index contributed by atoms with van der Waals surface area (Å²) >= 11 is 3.57.